The number of allylic oxidation sites excluding steroid dienone is 1. The van der Waals surface area contributed by atoms with Crippen molar-refractivity contribution in [3.05, 3.63) is 11.6 Å². The van der Waals surface area contributed by atoms with E-state index in [4.69, 9.17) is 47.4 Å². The fourth-order valence-corrected chi connectivity index (χ4v) is 17.2. The van der Waals surface area contributed by atoms with E-state index in [1.807, 2.05) is 0 Å². The molecule has 8 fully saturated rings. The van der Waals surface area contributed by atoms with Crippen LogP contribution in [0.25, 0.3) is 0 Å². The fourth-order valence-electron chi connectivity index (χ4n) is 17.2. The first-order valence-electron chi connectivity index (χ1n) is 31.9. The van der Waals surface area contributed by atoms with Gasteiger partial charge in [-0.05, 0) is 99.7 Å². The summed E-state index contributed by atoms with van der Waals surface area (Å²) in [5.74, 6) is -0.629. The summed E-state index contributed by atoms with van der Waals surface area (Å²) >= 11 is 0. The molecule has 9 rings (SSSR count). The minimum absolute atomic E-state index is 0.00640. The molecule has 0 spiro atoms. The van der Waals surface area contributed by atoms with E-state index in [0.717, 1.165) is 18.4 Å². The molecular formula is C61H104O28. The summed E-state index contributed by atoms with van der Waals surface area (Å²) in [4.78, 5) is 0. The lowest BCUT2D eigenvalue weighted by atomic mass is 9.38. The van der Waals surface area contributed by atoms with Gasteiger partial charge in [0, 0.05) is 16.7 Å². The lowest BCUT2D eigenvalue weighted by Crippen LogP contribution is -2.65. The van der Waals surface area contributed by atoms with E-state index in [1.165, 1.54) is 13.8 Å². The maximum absolute atomic E-state index is 12.8. The van der Waals surface area contributed by atoms with Gasteiger partial charge in [-0.25, -0.2) is 0 Å². The van der Waals surface area contributed by atoms with Crippen molar-refractivity contribution < 1.29 is 139 Å². The van der Waals surface area contributed by atoms with Crippen molar-refractivity contribution in [3.8, 4) is 0 Å². The SMILES string of the molecule is C[C@@H]1[C@@H](O)[C@H](O)[C@@H](O[C@H]2[C@H](O)[C@@H](O)[C@H](O[C@H](CC[C@@H](C)C3CC[C@@]4(C)C5CC=C6C(CC[C@H](O[C@@H]7O[C@H](CO[C@@H]8O[C@H](CO)[C@@H](O)[C@H](O)[C@H]8O)[C@@H](O)[C@H](O)[C@H]7O)C6(C)C)[C@]5(C)[C@H](O)C[C@]34C)C(C)(C)O)O[C@@H]2CO[C@@H]2O[C@H](CO)[C@@H](O)[C@H](O)[C@H]2O)O[C@H]1CO. The Morgan fingerprint density at radius 1 is 0.539 bits per heavy atom. The van der Waals surface area contributed by atoms with Crippen LogP contribution in [0.4, 0.5) is 0 Å². The first-order chi connectivity index (χ1) is 41.6. The summed E-state index contributed by atoms with van der Waals surface area (Å²) in [5, 5.41) is 195. The Morgan fingerprint density at radius 2 is 1.02 bits per heavy atom. The number of aliphatic hydroxyl groups excluding tert-OH is 17. The van der Waals surface area contributed by atoms with Gasteiger partial charge in [-0.1, -0.05) is 60.1 Å². The molecule has 28 nitrogen and oxygen atoms in total. The molecule has 0 amide bonds. The Labute approximate surface area is 518 Å². The maximum Gasteiger partial charge on any atom is 0.187 e. The van der Waals surface area contributed by atoms with Crippen LogP contribution in [0.5, 0.6) is 0 Å². The van der Waals surface area contributed by atoms with E-state index in [0.29, 0.717) is 32.1 Å². The summed E-state index contributed by atoms with van der Waals surface area (Å²) in [6.07, 6.45) is -33.7. The van der Waals surface area contributed by atoms with Gasteiger partial charge in [0.25, 0.3) is 0 Å². The third kappa shape index (κ3) is 13.1. The van der Waals surface area contributed by atoms with Crippen molar-refractivity contribution in [3.63, 3.8) is 0 Å². The minimum atomic E-state index is -1.89. The first-order valence-corrected chi connectivity index (χ1v) is 31.9. The molecule has 5 heterocycles. The second kappa shape index (κ2) is 27.6. The molecule has 0 bridgehead atoms. The van der Waals surface area contributed by atoms with Gasteiger partial charge in [0.15, 0.2) is 31.5 Å². The van der Waals surface area contributed by atoms with Crippen LogP contribution in [0, 0.1) is 51.2 Å². The van der Waals surface area contributed by atoms with E-state index < -0.39 is 221 Å². The summed E-state index contributed by atoms with van der Waals surface area (Å²) in [7, 11) is 0. The average Bonchev–Trinajstić information content (AvgIpc) is 1.66. The summed E-state index contributed by atoms with van der Waals surface area (Å²) in [6, 6.07) is 0. The Morgan fingerprint density at radius 3 is 1.58 bits per heavy atom. The molecule has 35 atom stereocenters. The molecule has 4 aliphatic carbocycles. The smallest absolute Gasteiger partial charge is 0.187 e. The topological polar surface area (TPSA) is 456 Å². The Bertz CT molecular complexity index is 2340. The van der Waals surface area contributed by atoms with Gasteiger partial charge < -0.3 is 139 Å². The maximum atomic E-state index is 12.8. The van der Waals surface area contributed by atoms with Gasteiger partial charge in [-0.2, -0.15) is 0 Å². The highest BCUT2D eigenvalue weighted by Crippen LogP contribution is 2.75. The normalized spacial score (nSPS) is 51.8. The van der Waals surface area contributed by atoms with Crippen LogP contribution in [-0.2, 0) is 47.4 Å². The zero-order valence-corrected chi connectivity index (χ0v) is 52.4. The highest BCUT2D eigenvalue weighted by molar-refractivity contribution is 5.32. The molecule has 18 N–H and O–H groups in total. The van der Waals surface area contributed by atoms with E-state index in [2.05, 4.69) is 47.6 Å². The monoisotopic (exact) mass is 1280 g/mol. The second-order valence-corrected chi connectivity index (χ2v) is 29.1. The highest BCUT2D eigenvalue weighted by atomic mass is 16.8. The quantitative estimate of drug-likeness (QED) is 0.0515. The largest absolute Gasteiger partial charge is 0.394 e. The van der Waals surface area contributed by atoms with Crippen LogP contribution in [0.3, 0.4) is 0 Å². The van der Waals surface area contributed by atoms with Crippen LogP contribution in [0.15, 0.2) is 11.6 Å². The van der Waals surface area contributed by atoms with Crippen molar-refractivity contribution in [2.45, 2.75) is 285 Å². The molecular weight excluding hydrogens is 1180 g/mol. The van der Waals surface area contributed by atoms with Crippen LogP contribution in [0.2, 0.25) is 0 Å². The number of ether oxygens (including phenoxy) is 10. The lowest BCUT2D eigenvalue weighted by molar-refractivity contribution is -0.371. The lowest BCUT2D eigenvalue weighted by Gasteiger charge is -2.67. The van der Waals surface area contributed by atoms with Gasteiger partial charge in [0.1, 0.15) is 104 Å². The van der Waals surface area contributed by atoms with E-state index in [-0.39, 0.29) is 40.9 Å². The van der Waals surface area contributed by atoms with Crippen LogP contribution in [0.1, 0.15) is 114 Å². The Kier molecular flexibility index (Phi) is 22.3. The molecule has 5 saturated heterocycles. The van der Waals surface area contributed by atoms with Crippen molar-refractivity contribution in [1.82, 2.24) is 0 Å². The van der Waals surface area contributed by atoms with Gasteiger partial charge in [-0.3, -0.25) is 0 Å². The van der Waals surface area contributed by atoms with Gasteiger partial charge in [0.2, 0.25) is 0 Å². The molecule has 3 saturated carbocycles. The van der Waals surface area contributed by atoms with Crippen molar-refractivity contribution in [2.75, 3.05) is 33.0 Å². The number of rotatable bonds is 20. The summed E-state index contributed by atoms with van der Waals surface area (Å²) < 4.78 is 59.7. The highest BCUT2D eigenvalue weighted by Gasteiger charge is 2.70. The van der Waals surface area contributed by atoms with Gasteiger partial charge >= 0.3 is 0 Å². The third-order valence-electron chi connectivity index (χ3n) is 23.3. The molecule has 0 aromatic heterocycles. The van der Waals surface area contributed by atoms with Crippen LogP contribution < -0.4 is 0 Å². The van der Waals surface area contributed by atoms with Crippen molar-refractivity contribution in [2.24, 2.45) is 51.2 Å². The Hall–Kier alpha value is -1.38. The van der Waals surface area contributed by atoms with E-state index in [9.17, 15) is 91.9 Å². The molecule has 89 heavy (non-hydrogen) atoms. The summed E-state index contributed by atoms with van der Waals surface area (Å²) in [5.41, 5.74) is -2.31. The molecule has 0 aromatic rings. The molecule has 5 aliphatic heterocycles. The zero-order chi connectivity index (χ0) is 65.5. The molecule has 0 radical (unpaired) electrons. The van der Waals surface area contributed by atoms with Crippen molar-refractivity contribution in [1.29, 1.82) is 0 Å². The van der Waals surface area contributed by atoms with Gasteiger partial charge in [-0.15, -0.1) is 0 Å². The predicted octanol–water partition coefficient (Wildman–Crippen LogP) is -4.13. The van der Waals surface area contributed by atoms with Gasteiger partial charge in [0.05, 0.1) is 69.2 Å². The minimum Gasteiger partial charge on any atom is -0.394 e. The number of aliphatic hydroxyl groups is 18. The van der Waals surface area contributed by atoms with Crippen molar-refractivity contribution >= 4 is 0 Å². The second-order valence-electron chi connectivity index (χ2n) is 29.1. The molecule has 28 heteroatoms. The molecule has 9 aliphatic rings. The average molecular weight is 1290 g/mol. The third-order valence-corrected chi connectivity index (χ3v) is 23.3. The molecule has 3 unspecified atom stereocenters. The standard InChI is InChI=1S/C61H104O28/c1-24(10-14-37(58(5,6)79)88-55-50(78)45(73)51(89-56-46(74)38(66)25(2)29(19-62)82-56)33(86-55)23-81-53-48(76)43(71)40(68)31(21-64)84-53)26-16-17-59(7)34-13-11-27-28(61(34,9)35(65)18-60(26,59)8)12-15-36(57(27,3)4)87-54-49(77)44(72)41(69)32(85-54)22-80-52-47(75)42(70)39(67)30(20-63)83-52/h11,24-26,28-56,62-79H,10,12-23H2,1-9H3/t24-,25+,26?,28?,29+,30-,31-,32-,33-,34?,35-,36+,37-,38-,39-,40-,41-,42+,43+,44+,45-,46+,47-,48-,49-,50-,51-,52-,53-,54+,55+,56-,59+,60-,61+/m1/s1. The molecule has 516 valence electrons. The van der Waals surface area contributed by atoms with E-state index in [1.54, 1.807) is 6.92 Å². The van der Waals surface area contributed by atoms with Crippen LogP contribution >= 0.6 is 0 Å². The van der Waals surface area contributed by atoms with Crippen LogP contribution in [-0.4, -0.2) is 296 Å². The zero-order valence-electron chi connectivity index (χ0n) is 52.4. The number of hydrogen-bond acceptors (Lipinski definition) is 28. The summed E-state index contributed by atoms with van der Waals surface area (Å²) in [6.45, 7) is 14.6. The number of fused-ring (bicyclic) bond motifs is 5. The number of hydrogen-bond donors (Lipinski definition) is 18. The first kappa shape index (κ1) is 71.9. The predicted molar refractivity (Wildman–Crippen MR) is 303 cm³/mol. The van der Waals surface area contributed by atoms with E-state index >= 15 is 0 Å². The molecule has 0 aromatic carbocycles. The fraction of sp³-hybridized carbons (Fsp3) is 0.967. The Balaban J connectivity index is 0.865.